The SMILES string of the molecule is CCOc1ccc([C@H]2C(C(=O)OC)=CN=c3s/c(=C\c4ccc(OCc5ccc(Cl)c(Cl)c5)c(I)c4)c(=O)n32)cc1OCC. The van der Waals surface area contributed by atoms with Gasteiger partial charge in [0.05, 0.1) is 50.1 Å². The molecule has 1 aliphatic heterocycles. The summed E-state index contributed by atoms with van der Waals surface area (Å²) in [4.78, 5) is 31.7. The molecular formula is C32H27Cl2IN2O6S. The van der Waals surface area contributed by atoms with Crippen molar-refractivity contribution < 1.29 is 23.7 Å². The maximum atomic E-state index is 13.9. The Balaban J connectivity index is 1.50. The Labute approximate surface area is 281 Å². The van der Waals surface area contributed by atoms with Crippen molar-refractivity contribution in [3.8, 4) is 17.2 Å². The highest BCUT2D eigenvalue weighted by atomic mass is 127. The third-order valence-corrected chi connectivity index (χ3v) is 9.22. The van der Waals surface area contributed by atoms with Crippen LogP contribution in [-0.2, 0) is 16.1 Å². The molecule has 44 heavy (non-hydrogen) atoms. The number of aromatic nitrogens is 1. The van der Waals surface area contributed by atoms with Gasteiger partial charge in [-0.15, -0.1) is 0 Å². The van der Waals surface area contributed by atoms with Gasteiger partial charge < -0.3 is 18.9 Å². The van der Waals surface area contributed by atoms with Gasteiger partial charge in [0.25, 0.3) is 5.56 Å². The van der Waals surface area contributed by atoms with Crippen LogP contribution < -0.4 is 29.1 Å². The zero-order valence-electron chi connectivity index (χ0n) is 23.9. The highest BCUT2D eigenvalue weighted by molar-refractivity contribution is 14.1. The molecule has 3 aromatic carbocycles. The molecule has 0 bridgehead atoms. The lowest BCUT2D eigenvalue weighted by atomic mass is 9.97. The molecule has 4 aromatic rings. The molecule has 8 nitrogen and oxygen atoms in total. The van der Waals surface area contributed by atoms with Gasteiger partial charge in [-0.1, -0.05) is 52.7 Å². The van der Waals surface area contributed by atoms with Crippen LogP contribution in [-0.4, -0.2) is 30.9 Å². The number of halogens is 3. The summed E-state index contributed by atoms with van der Waals surface area (Å²) in [6, 6.07) is 15.6. The monoisotopic (exact) mass is 764 g/mol. The fraction of sp³-hybridized carbons (Fsp3) is 0.219. The minimum absolute atomic E-state index is 0.232. The zero-order valence-corrected chi connectivity index (χ0v) is 28.4. The van der Waals surface area contributed by atoms with E-state index in [1.807, 2.05) is 44.2 Å². The van der Waals surface area contributed by atoms with Crippen molar-refractivity contribution in [3.05, 3.63) is 116 Å². The van der Waals surface area contributed by atoms with E-state index in [0.717, 1.165) is 14.7 Å². The summed E-state index contributed by atoms with van der Waals surface area (Å²) in [6.45, 7) is 4.97. The van der Waals surface area contributed by atoms with Gasteiger partial charge in [0, 0.05) is 6.20 Å². The maximum Gasteiger partial charge on any atom is 0.337 e. The van der Waals surface area contributed by atoms with Crippen molar-refractivity contribution in [1.29, 1.82) is 0 Å². The van der Waals surface area contributed by atoms with Gasteiger partial charge in [0.15, 0.2) is 16.3 Å². The van der Waals surface area contributed by atoms with E-state index >= 15 is 0 Å². The van der Waals surface area contributed by atoms with Gasteiger partial charge in [-0.3, -0.25) is 9.36 Å². The predicted molar refractivity (Wildman–Crippen MR) is 180 cm³/mol. The largest absolute Gasteiger partial charge is 0.490 e. The number of fused-ring (bicyclic) bond motifs is 1. The number of hydrogen-bond acceptors (Lipinski definition) is 8. The van der Waals surface area contributed by atoms with Crippen molar-refractivity contribution in [2.75, 3.05) is 20.3 Å². The minimum Gasteiger partial charge on any atom is -0.490 e. The lowest BCUT2D eigenvalue weighted by Crippen LogP contribution is -2.39. The molecule has 12 heteroatoms. The van der Waals surface area contributed by atoms with Crippen molar-refractivity contribution in [2.45, 2.75) is 26.5 Å². The van der Waals surface area contributed by atoms with Crippen LogP contribution in [0.1, 0.15) is 36.6 Å². The molecule has 1 aromatic heterocycles. The number of methoxy groups -OCH3 is 1. The lowest BCUT2D eigenvalue weighted by Gasteiger charge is -2.23. The second-order valence-electron chi connectivity index (χ2n) is 9.48. The summed E-state index contributed by atoms with van der Waals surface area (Å²) in [5, 5.41) is 0.958. The molecule has 0 saturated carbocycles. The minimum atomic E-state index is -0.770. The number of thiazole rings is 1. The molecule has 0 saturated heterocycles. The highest BCUT2D eigenvalue weighted by Crippen LogP contribution is 2.35. The maximum absolute atomic E-state index is 13.9. The molecular weight excluding hydrogens is 738 g/mol. The van der Waals surface area contributed by atoms with Crippen molar-refractivity contribution >= 4 is 69.2 Å². The Morgan fingerprint density at radius 1 is 0.977 bits per heavy atom. The number of nitrogens with zero attached hydrogens (tertiary/aromatic N) is 2. The molecule has 1 atom stereocenters. The van der Waals surface area contributed by atoms with Crippen LogP contribution in [0.2, 0.25) is 10.0 Å². The molecule has 1 aliphatic rings. The van der Waals surface area contributed by atoms with E-state index < -0.39 is 12.0 Å². The van der Waals surface area contributed by atoms with Crippen LogP contribution in [0.4, 0.5) is 0 Å². The van der Waals surface area contributed by atoms with Crippen molar-refractivity contribution in [1.82, 2.24) is 4.57 Å². The highest BCUT2D eigenvalue weighted by Gasteiger charge is 2.31. The van der Waals surface area contributed by atoms with E-state index in [1.165, 1.54) is 29.2 Å². The third-order valence-electron chi connectivity index (χ3n) is 6.64. The number of ether oxygens (including phenoxy) is 4. The average Bonchev–Trinajstić information content (AvgIpc) is 3.33. The molecule has 2 heterocycles. The topological polar surface area (TPSA) is 88.4 Å². The summed E-state index contributed by atoms with van der Waals surface area (Å²) in [5.74, 6) is 1.21. The second-order valence-corrected chi connectivity index (χ2v) is 12.5. The van der Waals surface area contributed by atoms with E-state index in [0.29, 0.717) is 62.0 Å². The van der Waals surface area contributed by atoms with Crippen LogP contribution in [0.25, 0.3) is 6.08 Å². The van der Waals surface area contributed by atoms with E-state index in [-0.39, 0.29) is 11.1 Å². The molecule has 0 amide bonds. The lowest BCUT2D eigenvalue weighted by molar-refractivity contribution is -0.136. The number of esters is 1. The first-order chi connectivity index (χ1) is 21.2. The van der Waals surface area contributed by atoms with Gasteiger partial charge >= 0.3 is 5.97 Å². The second kappa shape index (κ2) is 14.2. The molecule has 0 aliphatic carbocycles. The number of benzene rings is 3. The van der Waals surface area contributed by atoms with Gasteiger partial charge in [-0.05, 0) is 95.6 Å². The molecule has 5 rings (SSSR count). The van der Waals surface area contributed by atoms with Gasteiger partial charge in [0.1, 0.15) is 12.4 Å². The van der Waals surface area contributed by atoms with Crippen LogP contribution in [0.3, 0.4) is 0 Å². The molecule has 0 unspecified atom stereocenters. The smallest absolute Gasteiger partial charge is 0.337 e. The van der Waals surface area contributed by atoms with Crippen LogP contribution >= 0.6 is 57.1 Å². The van der Waals surface area contributed by atoms with Gasteiger partial charge in [0.2, 0.25) is 0 Å². The first kappa shape index (κ1) is 32.1. The Morgan fingerprint density at radius 2 is 1.73 bits per heavy atom. The molecule has 0 radical (unpaired) electrons. The van der Waals surface area contributed by atoms with E-state index in [4.69, 9.17) is 42.1 Å². The first-order valence-corrected chi connectivity index (χ1v) is 16.2. The van der Waals surface area contributed by atoms with Crippen molar-refractivity contribution in [2.24, 2.45) is 4.99 Å². The van der Waals surface area contributed by atoms with Gasteiger partial charge in [-0.25, -0.2) is 9.79 Å². The van der Waals surface area contributed by atoms with E-state index in [2.05, 4.69) is 27.6 Å². The van der Waals surface area contributed by atoms with E-state index in [1.54, 1.807) is 30.3 Å². The zero-order chi connectivity index (χ0) is 31.4. The molecule has 228 valence electrons. The summed E-state index contributed by atoms with van der Waals surface area (Å²) >= 11 is 15.6. The molecule has 0 spiro atoms. The van der Waals surface area contributed by atoms with Crippen LogP contribution in [0.5, 0.6) is 17.2 Å². The standard InChI is InChI=1S/C32H27Cl2IN2O6S/c1-4-41-26-11-8-20(15-27(26)42-5-2)29-21(31(39)40-3)16-36-32-37(29)30(38)28(44-32)14-18-7-10-25(24(35)13-18)43-17-19-6-9-22(33)23(34)12-19/h6-16,29H,4-5,17H2,1-3H3/b28-14-/t29-/m0/s1. The third kappa shape index (κ3) is 6.83. The molecule has 0 N–H and O–H groups in total. The molecule has 0 fully saturated rings. The van der Waals surface area contributed by atoms with Crippen molar-refractivity contribution in [3.63, 3.8) is 0 Å². The Hall–Kier alpha value is -3.32. The normalized spacial score (nSPS) is 14.4. The Kier molecular flexibility index (Phi) is 10.3. The number of carbonyl (C=O) groups excluding carboxylic acids is 1. The number of rotatable bonds is 10. The number of hydrogen-bond donors (Lipinski definition) is 0. The Bertz CT molecular complexity index is 1940. The summed E-state index contributed by atoms with van der Waals surface area (Å²) in [7, 11) is 1.30. The summed E-state index contributed by atoms with van der Waals surface area (Å²) in [6.07, 6.45) is 3.27. The first-order valence-electron chi connectivity index (χ1n) is 13.6. The van der Waals surface area contributed by atoms with Crippen LogP contribution in [0, 0.1) is 3.57 Å². The quantitative estimate of drug-likeness (QED) is 0.139. The number of carbonyl (C=O) groups is 1. The summed E-state index contributed by atoms with van der Waals surface area (Å²) in [5.41, 5.74) is 2.31. The van der Waals surface area contributed by atoms with Crippen LogP contribution in [0.15, 0.2) is 76.2 Å². The average molecular weight is 765 g/mol. The Morgan fingerprint density at radius 3 is 2.43 bits per heavy atom. The fourth-order valence-corrected chi connectivity index (χ4v) is 6.64. The van der Waals surface area contributed by atoms with E-state index in [9.17, 15) is 9.59 Å². The predicted octanol–water partition coefficient (Wildman–Crippen LogP) is 6.31. The van der Waals surface area contributed by atoms with Gasteiger partial charge in [-0.2, -0.15) is 0 Å². The summed E-state index contributed by atoms with van der Waals surface area (Å²) < 4.78 is 25.4. The fourth-order valence-electron chi connectivity index (χ4n) is 4.65.